The molecule has 7 nitrogen and oxygen atoms in total. The quantitative estimate of drug-likeness (QED) is 0.671. The molecule has 156 valence electrons. The molecule has 0 bridgehead atoms. The summed E-state index contributed by atoms with van der Waals surface area (Å²) in [5.41, 5.74) is 2.19. The van der Waals surface area contributed by atoms with Crippen LogP contribution in [0.5, 0.6) is 0 Å². The molecule has 0 radical (unpaired) electrons. The van der Waals surface area contributed by atoms with Crippen LogP contribution in [0.15, 0.2) is 70.2 Å². The highest BCUT2D eigenvalue weighted by atomic mass is 32.2. The molecule has 1 saturated heterocycles. The van der Waals surface area contributed by atoms with Crippen LogP contribution >= 0.6 is 0 Å². The average Bonchev–Trinajstić information content (AvgIpc) is 3.21. The van der Waals surface area contributed by atoms with E-state index >= 15 is 0 Å². The first kappa shape index (κ1) is 20.3. The van der Waals surface area contributed by atoms with Crippen LogP contribution in [-0.4, -0.2) is 36.2 Å². The maximum Gasteiger partial charge on any atom is 0.243 e. The van der Waals surface area contributed by atoms with Gasteiger partial charge in [-0.25, -0.2) is 13.4 Å². The molecular formula is C22H23N3O4S. The molecule has 1 amide bonds. The van der Waals surface area contributed by atoms with Gasteiger partial charge in [-0.3, -0.25) is 4.79 Å². The molecule has 1 aromatic heterocycles. The summed E-state index contributed by atoms with van der Waals surface area (Å²) < 4.78 is 32.7. The molecule has 1 aliphatic heterocycles. The van der Waals surface area contributed by atoms with Crippen molar-refractivity contribution in [2.75, 3.05) is 11.9 Å². The van der Waals surface area contributed by atoms with Gasteiger partial charge in [-0.05, 0) is 37.1 Å². The molecule has 30 heavy (non-hydrogen) atoms. The summed E-state index contributed by atoms with van der Waals surface area (Å²) in [6.07, 6.45) is 3.62. The van der Waals surface area contributed by atoms with E-state index in [9.17, 15) is 13.2 Å². The number of aryl methyl sites for hydroxylation is 1. The van der Waals surface area contributed by atoms with Crippen molar-refractivity contribution in [3.63, 3.8) is 0 Å². The number of amides is 1. The third-order valence-corrected chi connectivity index (χ3v) is 7.10. The van der Waals surface area contributed by atoms with Crippen molar-refractivity contribution < 1.29 is 17.6 Å². The van der Waals surface area contributed by atoms with E-state index in [1.807, 2.05) is 12.1 Å². The number of oxazole rings is 1. The summed E-state index contributed by atoms with van der Waals surface area (Å²) in [5, 5.41) is 2.86. The molecule has 8 heteroatoms. The number of sulfonamides is 1. The predicted octanol–water partition coefficient (Wildman–Crippen LogP) is 3.83. The Kier molecular flexibility index (Phi) is 5.69. The maximum atomic E-state index is 13.1. The molecule has 0 spiro atoms. The monoisotopic (exact) mass is 425 g/mol. The Hall–Kier alpha value is -2.97. The van der Waals surface area contributed by atoms with Crippen molar-refractivity contribution in [1.29, 1.82) is 0 Å². The molecule has 0 aliphatic carbocycles. The van der Waals surface area contributed by atoms with E-state index < -0.39 is 16.1 Å². The van der Waals surface area contributed by atoms with Crippen molar-refractivity contribution in [2.45, 2.75) is 37.1 Å². The minimum absolute atomic E-state index is 0.206. The lowest BCUT2D eigenvalue weighted by molar-refractivity contribution is -0.120. The van der Waals surface area contributed by atoms with E-state index in [-0.39, 0.29) is 10.8 Å². The first-order valence-corrected chi connectivity index (χ1v) is 11.3. The SMILES string of the molecule is Cc1nc(-c2ccc(NC(=O)C3CCCCN3S(=O)(=O)c3ccccc3)cc2)co1. The first-order chi connectivity index (χ1) is 14.4. The van der Waals surface area contributed by atoms with Crippen LogP contribution in [0.1, 0.15) is 25.2 Å². The second-order valence-corrected chi connectivity index (χ2v) is 9.15. The van der Waals surface area contributed by atoms with Crippen molar-refractivity contribution in [3.05, 3.63) is 66.8 Å². The third kappa shape index (κ3) is 4.15. The number of hydrogen-bond donors (Lipinski definition) is 1. The summed E-state index contributed by atoms with van der Waals surface area (Å²) >= 11 is 0. The van der Waals surface area contributed by atoms with Gasteiger partial charge in [-0.2, -0.15) is 4.31 Å². The lowest BCUT2D eigenvalue weighted by Gasteiger charge is -2.33. The number of benzene rings is 2. The summed E-state index contributed by atoms with van der Waals surface area (Å²) in [7, 11) is -3.74. The zero-order valence-electron chi connectivity index (χ0n) is 16.6. The van der Waals surface area contributed by atoms with Crippen LogP contribution in [-0.2, 0) is 14.8 Å². The summed E-state index contributed by atoms with van der Waals surface area (Å²) in [6, 6.07) is 14.7. The minimum Gasteiger partial charge on any atom is -0.449 e. The number of piperidine rings is 1. The Morgan fingerprint density at radius 3 is 2.50 bits per heavy atom. The third-order valence-electron chi connectivity index (χ3n) is 5.17. The molecule has 1 atom stereocenters. The average molecular weight is 426 g/mol. The van der Waals surface area contributed by atoms with E-state index in [1.54, 1.807) is 55.7 Å². The van der Waals surface area contributed by atoms with Crippen molar-refractivity contribution >= 4 is 21.6 Å². The van der Waals surface area contributed by atoms with Crippen LogP contribution in [0.3, 0.4) is 0 Å². The highest BCUT2D eigenvalue weighted by Crippen LogP contribution is 2.27. The maximum absolute atomic E-state index is 13.1. The fraction of sp³-hybridized carbons (Fsp3) is 0.273. The molecule has 4 rings (SSSR count). The van der Waals surface area contributed by atoms with E-state index in [0.717, 1.165) is 24.1 Å². The van der Waals surface area contributed by atoms with Gasteiger partial charge in [0.25, 0.3) is 0 Å². The zero-order chi connectivity index (χ0) is 21.1. The van der Waals surface area contributed by atoms with Crippen LogP contribution in [0.2, 0.25) is 0 Å². The molecule has 2 heterocycles. The van der Waals surface area contributed by atoms with Gasteiger partial charge >= 0.3 is 0 Å². The Labute approximate surface area is 175 Å². The number of carbonyl (C=O) groups is 1. The molecule has 0 saturated carbocycles. The molecule has 1 fully saturated rings. The van der Waals surface area contributed by atoms with Crippen molar-refractivity contribution in [3.8, 4) is 11.3 Å². The molecule has 1 aliphatic rings. The molecule has 1 N–H and O–H groups in total. The van der Waals surface area contributed by atoms with E-state index in [0.29, 0.717) is 24.5 Å². The van der Waals surface area contributed by atoms with Gasteiger partial charge in [0.15, 0.2) is 5.89 Å². The van der Waals surface area contributed by atoms with Crippen LogP contribution in [0, 0.1) is 6.92 Å². The topological polar surface area (TPSA) is 92.5 Å². The molecular weight excluding hydrogens is 402 g/mol. The van der Waals surface area contributed by atoms with Crippen LogP contribution in [0.25, 0.3) is 11.3 Å². The second kappa shape index (κ2) is 8.41. The molecule has 3 aromatic rings. The summed E-state index contributed by atoms with van der Waals surface area (Å²) in [6.45, 7) is 2.11. The predicted molar refractivity (Wildman–Crippen MR) is 113 cm³/mol. The summed E-state index contributed by atoms with van der Waals surface area (Å²) in [4.78, 5) is 17.5. The Morgan fingerprint density at radius 1 is 1.10 bits per heavy atom. The van der Waals surface area contributed by atoms with Gasteiger partial charge < -0.3 is 9.73 Å². The Balaban J connectivity index is 1.51. The van der Waals surface area contributed by atoms with Gasteiger partial charge in [0.1, 0.15) is 18.0 Å². The minimum atomic E-state index is -3.74. The highest BCUT2D eigenvalue weighted by molar-refractivity contribution is 7.89. The highest BCUT2D eigenvalue weighted by Gasteiger charge is 2.37. The normalized spacial score (nSPS) is 17.6. The first-order valence-electron chi connectivity index (χ1n) is 9.85. The number of carbonyl (C=O) groups excluding carboxylic acids is 1. The molecule has 1 unspecified atom stereocenters. The van der Waals surface area contributed by atoms with Gasteiger partial charge in [0, 0.05) is 24.7 Å². The smallest absolute Gasteiger partial charge is 0.243 e. The van der Waals surface area contributed by atoms with Gasteiger partial charge in [0.05, 0.1) is 4.90 Å². The largest absolute Gasteiger partial charge is 0.449 e. The van der Waals surface area contributed by atoms with Crippen molar-refractivity contribution in [2.24, 2.45) is 0 Å². The lowest BCUT2D eigenvalue weighted by Crippen LogP contribution is -2.49. The fourth-order valence-corrected chi connectivity index (χ4v) is 5.31. The lowest BCUT2D eigenvalue weighted by atomic mass is 10.0. The number of aromatic nitrogens is 1. The zero-order valence-corrected chi connectivity index (χ0v) is 17.4. The number of rotatable bonds is 5. The van der Waals surface area contributed by atoms with E-state index in [1.165, 1.54) is 4.31 Å². The van der Waals surface area contributed by atoms with E-state index in [4.69, 9.17) is 4.42 Å². The Bertz CT molecular complexity index is 1120. The van der Waals surface area contributed by atoms with Gasteiger partial charge in [-0.15, -0.1) is 0 Å². The van der Waals surface area contributed by atoms with Crippen molar-refractivity contribution in [1.82, 2.24) is 9.29 Å². The Morgan fingerprint density at radius 2 is 1.83 bits per heavy atom. The van der Waals surface area contributed by atoms with Crippen LogP contribution in [0.4, 0.5) is 5.69 Å². The van der Waals surface area contributed by atoms with Crippen LogP contribution < -0.4 is 5.32 Å². The number of anilines is 1. The number of nitrogens with zero attached hydrogens (tertiary/aromatic N) is 2. The standard InChI is InChI=1S/C22H23N3O4S/c1-16-23-20(15-29-16)17-10-12-18(13-11-17)24-22(26)21-9-5-6-14-25(21)30(27,28)19-7-3-2-4-8-19/h2-4,7-8,10-13,15,21H,5-6,9,14H2,1H3,(H,24,26). The molecule has 2 aromatic carbocycles. The van der Waals surface area contributed by atoms with E-state index in [2.05, 4.69) is 10.3 Å². The van der Waals surface area contributed by atoms with Gasteiger partial charge in [-0.1, -0.05) is 36.8 Å². The fourth-order valence-electron chi connectivity index (χ4n) is 3.63. The number of hydrogen-bond acceptors (Lipinski definition) is 5. The van der Waals surface area contributed by atoms with Gasteiger partial charge in [0.2, 0.25) is 15.9 Å². The number of nitrogens with one attached hydrogen (secondary N) is 1. The summed E-state index contributed by atoms with van der Waals surface area (Å²) in [5.74, 6) is 0.263. The second-order valence-electron chi connectivity index (χ2n) is 7.26.